The van der Waals surface area contributed by atoms with Crippen molar-refractivity contribution in [2.75, 3.05) is 37.3 Å². The van der Waals surface area contributed by atoms with Crippen LogP contribution in [0.5, 0.6) is 0 Å². The highest BCUT2D eigenvalue weighted by Gasteiger charge is 2.28. The van der Waals surface area contributed by atoms with Gasteiger partial charge in [0.15, 0.2) is 0 Å². The second-order valence-corrected chi connectivity index (χ2v) is 5.35. The summed E-state index contributed by atoms with van der Waals surface area (Å²) in [5.41, 5.74) is 0.953. The van der Waals surface area contributed by atoms with Crippen LogP contribution in [0.25, 0.3) is 0 Å². The first-order chi connectivity index (χ1) is 10.1. The fourth-order valence-electron chi connectivity index (χ4n) is 2.32. The number of hydrogen-bond donors (Lipinski definition) is 2. The zero-order valence-corrected chi connectivity index (χ0v) is 13.4. The maximum atomic E-state index is 12.1. The zero-order chi connectivity index (χ0) is 15.4. The van der Waals surface area contributed by atoms with Gasteiger partial charge in [0.2, 0.25) is 5.91 Å². The molecular weight excluding hydrogens is 266 g/mol. The Labute approximate surface area is 126 Å². The Morgan fingerprint density at radius 1 is 1.24 bits per heavy atom. The van der Waals surface area contributed by atoms with Crippen molar-refractivity contribution in [1.29, 1.82) is 0 Å². The Hall–Kier alpha value is -1.85. The van der Waals surface area contributed by atoms with E-state index < -0.39 is 0 Å². The quantitative estimate of drug-likeness (QED) is 0.804. The summed E-state index contributed by atoms with van der Waals surface area (Å²) in [5, 5.41) is 6.28. The van der Waals surface area contributed by atoms with Crippen LogP contribution in [0.15, 0.2) is 0 Å². The molecule has 6 heteroatoms. The summed E-state index contributed by atoms with van der Waals surface area (Å²) in [6.45, 7) is 7.67. The van der Waals surface area contributed by atoms with Crippen molar-refractivity contribution in [2.24, 2.45) is 0 Å². The third-order valence-corrected chi connectivity index (χ3v) is 3.87. The molecule has 1 aliphatic carbocycles. The molecule has 0 spiro atoms. The van der Waals surface area contributed by atoms with E-state index in [9.17, 15) is 4.79 Å². The van der Waals surface area contributed by atoms with Crippen molar-refractivity contribution in [3.05, 3.63) is 11.4 Å². The van der Waals surface area contributed by atoms with Crippen molar-refractivity contribution in [2.45, 2.75) is 39.5 Å². The molecule has 2 rings (SSSR count). The van der Waals surface area contributed by atoms with Gasteiger partial charge in [0.05, 0.1) is 6.54 Å². The lowest BCUT2D eigenvalue weighted by Crippen LogP contribution is -2.35. The van der Waals surface area contributed by atoms with Gasteiger partial charge in [0.1, 0.15) is 17.5 Å². The molecule has 0 atom stereocenters. The van der Waals surface area contributed by atoms with Gasteiger partial charge in [-0.05, 0) is 33.6 Å². The molecule has 1 aliphatic rings. The van der Waals surface area contributed by atoms with Gasteiger partial charge in [0.25, 0.3) is 0 Å². The van der Waals surface area contributed by atoms with E-state index in [4.69, 9.17) is 0 Å². The second-order valence-electron chi connectivity index (χ2n) is 5.35. The predicted molar refractivity (Wildman–Crippen MR) is 84.7 cm³/mol. The topological polar surface area (TPSA) is 70.2 Å². The molecule has 0 aliphatic heterocycles. The van der Waals surface area contributed by atoms with Crippen LogP contribution in [0.3, 0.4) is 0 Å². The summed E-state index contributed by atoms with van der Waals surface area (Å²) in [5.74, 6) is 3.05. The number of rotatable bonds is 7. The number of nitrogens with zero attached hydrogens (tertiary/aromatic N) is 3. The number of amides is 1. The maximum absolute atomic E-state index is 12.1. The third-order valence-electron chi connectivity index (χ3n) is 3.87. The Bertz CT molecular complexity index is 509. The molecule has 1 saturated carbocycles. The zero-order valence-electron chi connectivity index (χ0n) is 13.4. The largest absolute Gasteiger partial charge is 0.373 e. The summed E-state index contributed by atoms with van der Waals surface area (Å²) in [6.07, 6.45) is 2.31. The highest BCUT2D eigenvalue weighted by Crippen LogP contribution is 2.39. The van der Waals surface area contributed by atoms with E-state index in [2.05, 4.69) is 20.6 Å². The van der Waals surface area contributed by atoms with E-state index >= 15 is 0 Å². The van der Waals surface area contributed by atoms with Crippen molar-refractivity contribution in [1.82, 2.24) is 14.9 Å². The highest BCUT2D eigenvalue weighted by molar-refractivity contribution is 5.81. The van der Waals surface area contributed by atoms with Gasteiger partial charge in [-0.2, -0.15) is 0 Å². The molecule has 1 heterocycles. The smallest absolute Gasteiger partial charge is 0.241 e. The molecule has 116 valence electrons. The standard InChI is InChI=1S/C15H25N5O/c1-5-20(6-2)12(21)9-17-14-10(3)13(16-4)18-15(19-14)11-7-8-11/h11H,5-9H2,1-4H3,(H2,16,17,18,19). The Kier molecular flexibility index (Phi) is 4.98. The molecule has 21 heavy (non-hydrogen) atoms. The summed E-state index contributed by atoms with van der Waals surface area (Å²) < 4.78 is 0. The Balaban J connectivity index is 2.11. The number of nitrogens with one attached hydrogen (secondary N) is 2. The van der Waals surface area contributed by atoms with E-state index in [0.717, 1.165) is 49.0 Å². The minimum atomic E-state index is 0.0944. The first-order valence-corrected chi connectivity index (χ1v) is 7.68. The van der Waals surface area contributed by atoms with Crippen LogP contribution >= 0.6 is 0 Å². The van der Waals surface area contributed by atoms with Gasteiger partial charge < -0.3 is 15.5 Å². The molecule has 0 aromatic carbocycles. The van der Waals surface area contributed by atoms with Gasteiger partial charge >= 0.3 is 0 Å². The lowest BCUT2D eigenvalue weighted by atomic mass is 10.2. The minimum Gasteiger partial charge on any atom is -0.373 e. The van der Waals surface area contributed by atoms with Crippen LogP contribution in [0.2, 0.25) is 0 Å². The minimum absolute atomic E-state index is 0.0944. The van der Waals surface area contributed by atoms with Crippen LogP contribution in [0.4, 0.5) is 11.6 Å². The van der Waals surface area contributed by atoms with Gasteiger partial charge in [-0.15, -0.1) is 0 Å². The normalized spacial score (nSPS) is 13.9. The van der Waals surface area contributed by atoms with Gasteiger partial charge in [-0.3, -0.25) is 4.79 Å². The summed E-state index contributed by atoms with van der Waals surface area (Å²) >= 11 is 0. The van der Waals surface area contributed by atoms with Crippen LogP contribution in [0.1, 0.15) is 44.0 Å². The Morgan fingerprint density at radius 3 is 2.38 bits per heavy atom. The fourth-order valence-corrected chi connectivity index (χ4v) is 2.32. The van der Waals surface area contributed by atoms with Crippen molar-refractivity contribution in [3.8, 4) is 0 Å². The number of hydrogen-bond acceptors (Lipinski definition) is 5. The van der Waals surface area contributed by atoms with Crippen LogP contribution in [-0.4, -0.2) is 47.5 Å². The molecular formula is C15H25N5O. The number of anilines is 2. The molecule has 1 amide bonds. The number of carbonyl (C=O) groups excluding carboxylic acids is 1. The van der Waals surface area contributed by atoms with E-state index in [0.29, 0.717) is 5.92 Å². The van der Waals surface area contributed by atoms with Gasteiger partial charge in [0, 0.05) is 31.6 Å². The lowest BCUT2D eigenvalue weighted by molar-refractivity contribution is -0.128. The van der Waals surface area contributed by atoms with E-state index in [1.807, 2.05) is 32.7 Å². The first-order valence-electron chi connectivity index (χ1n) is 7.68. The highest BCUT2D eigenvalue weighted by atomic mass is 16.2. The third kappa shape index (κ3) is 3.62. The summed E-state index contributed by atoms with van der Waals surface area (Å²) in [7, 11) is 1.86. The number of carbonyl (C=O) groups is 1. The summed E-state index contributed by atoms with van der Waals surface area (Å²) in [4.78, 5) is 23.0. The van der Waals surface area contributed by atoms with Gasteiger partial charge in [-0.25, -0.2) is 9.97 Å². The van der Waals surface area contributed by atoms with Crippen molar-refractivity contribution < 1.29 is 4.79 Å². The number of likely N-dealkylation sites (N-methyl/N-ethyl adjacent to an activating group) is 1. The molecule has 1 aromatic heterocycles. The van der Waals surface area contributed by atoms with E-state index in [-0.39, 0.29) is 12.5 Å². The second kappa shape index (κ2) is 6.74. The van der Waals surface area contributed by atoms with Crippen LogP contribution in [0, 0.1) is 6.92 Å². The molecule has 0 radical (unpaired) electrons. The SMILES string of the molecule is CCN(CC)C(=O)CNc1nc(C2CC2)nc(NC)c1C. The van der Waals surface area contributed by atoms with E-state index in [1.165, 1.54) is 0 Å². The molecule has 6 nitrogen and oxygen atoms in total. The average molecular weight is 291 g/mol. The molecule has 0 saturated heterocycles. The molecule has 2 N–H and O–H groups in total. The van der Waals surface area contributed by atoms with Crippen molar-refractivity contribution >= 4 is 17.5 Å². The molecule has 0 unspecified atom stereocenters. The average Bonchev–Trinajstić information content (AvgIpc) is 3.32. The number of aromatic nitrogens is 2. The predicted octanol–water partition coefficient (Wildman–Crippen LogP) is 1.98. The maximum Gasteiger partial charge on any atom is 0.241 e. The molecule has 1 fully saturated rings. The monoisotopic (exact) mass is 291 g/mol. The van der Waals surface area contributed by atoms with Crippen LogP contribution < -0.4 is 10.6 Å². The fraction of sp³-hybridized carbons (Fsp3) is 0.667. The van der Waals surface area contributed by atoms with Crippen molar-refractivity contribution in [3.63, 3.8) is 0 Å². The first kappa shape index (κ1) is 15.5. The molecule has 0 bridgehead atoms. The Morgan fingerprint density at radius 2 is 1.86 bits per heavy atom. The van der Waals surface area contributed by atoms with E-state index in [1.54, 1.807) is 0 Å². The lowest BCUT2D eigenvalue weighted by Gasteiger charge is -2.20. The summed E-state index contributed by atoms with van der Waals surface area (Å²) in [6, 6.07) is 0. The van der Waals surface area contributed by atoms with Gasteiger partial charge in [-0.1, -0.05) is 0 Å². The molecule has 1 aromatic rings. The van der Waals surface area contributed by atoms with Crippen LogP contribution in [-0.2, 0) is 4.79 Å².